The zero-order chi connectivity index (χ0) is 13.4. The van der Waals surface area contributed by atoms with Crippen LogP contribution in [0, 0.1) is 12.8 Å². The number of allylic oxidation sites excluding steroid dienone is 2. The second-order valence-electron chi connectivity index (χ2n) is 4.85. The monoisotopic (exact) mass is 260 g/mol. The van der Waals surface area contributed by atoms with Crippen LogP contribution in [0.2, 0.25) is 0 Å². The molecule has 1 aliphatic carbocycles. The lowest BCUT2D eigenvalue weighted by Crippen LogP contribution is -1.83. The minimum atomic E-state index is 0.819. The Morgan fingerprint density at radius 3 is 2.33 bits per heavy atom. The molecule has 1 heteroatoms. The second-order valence-corrected chi connectivity index (χ2v) is 5.83. The molecule has 0 aliphatic heterocycles. The van der Waals surface area contributed by atoms with Gasteiger partial charge in [-0.15, -0.1) is 0 Å². The topological polar surface area (TPSA) is 0 Å². The van der Waals surface area contributed by atoms with Crippen molar-refractivity contribution in [2.75, 3.05) is 0 Å². The Labute approximate surface area is 116 Å². The van der Waals surface area contributed by atoms with Crippen molar-refractivity contribution in [3.05, 3.63) is 53.5 Å². The minimum absolute atomic E-state index is 0.819. The molecule has 18 heavy (non-hydrogen) atoms. The summed E-state index contributed by atoms with van der Waals surface area (Å²) in [6.45, 7) is 10.3. The number of rotatable bonds is 2. The number of thioether (sulfide) groups is 1. The van der Waals surface area contributed by atoms with Gasteiger partial charge in [0.25, 0.3) is 0 Å². The molecule has 0 nitrogen and oxygen atoms in total. The molecule has 2 rings (SSSR count). The van der Waals surface area contributed by atoms with Gasteiger partial charge in [-0.2, -0.15) is 0 Å². The maximum Gasteiger partial charge on any atom is 0.0116 e. The van der Waals surface area contributed by atoms with Gasteiger partial charge in [0.15, 0.2) is 0 Å². The smallest absolute Gasteiger partial charge is 0.0116 e. The van der Waals surface area contributed by atoms with E-state index >= 15 is 0 Å². The molecular weight excluding hydrogens is 236 g/mol. The summed E-state index contributed by atoms with van der Waals surface area (Å²) in [5.41, 5.74) is 2.77. The van der Waals surface area contributed by atoms with Crippen LogP contribution in [-0.2, 0) is 0 Å². The SMILES string of the molecule is C/C=C/Sc1ccc(C)cc1.C=C1CCCC1C. The van der Waals surface area contributed by atoms with E-state index < -0.39 is 0 Å². The Bertz CT molecular complexity index is 387. The number of benzene rings is 1. The molecule has 0 N–H and O–H groups in total. The van der Waals surface area contributed by atoms with Gasteiger partial charge in [-0.1, -0.05) is 54.6 Å². The average Bonchev–Trinajstić information content (AvgIpc) is 2.74. The zero-order valence-corrected chi connectivity index (χ0v) is 12.6. The van der Waals surface area contributed by atoms with Crippen LogP contribution in [0.4, 0.5) is 0 Å². The molecule has 1 saturated carbocycles. The van der Waals surface area contributed by atoms with Crippen molar-refractivity contribution < 1.29 is 0 Å². The Kier molecular flexibility index (Phi) is 6.89. The van der Waals surface area contributed by atoms with Gasteiger partial charge in [0.1, 0.15) is 0 Å². The van der Waals surface area contributed by atoms with Crippen molar-refractivity contribution in [1.82, 2.24) is 0 Å². The van der Waals surface area contributed by atoms with E-state index in [9.17, 15) is 0 Å². The Morgan fingerprint density at radius 1 is 1.28 bits per heavy atom. The first-order valence-corrected chi connectivity index (χ1v) is 7.53. The average molecular weight is 260 g/mol. The van der Waals surface area contributed by atoms with Crippen molar-refractivity contribution >= 4 is 11.8 Å². The number of aryl methyl sites for hydroxylation is 1. The fourth-order valence-corrected chi connectivity index (χ4v) is 2.44. The van der Waals surface area contributed by atoms with Crippen LogP contribution in [-0.4, -0.2) is 0 Å². The van der Waals surface area contributed by atoms with Crippen molar-refractivity contribution in [3.63, 3.8) is 0 Å². The Balaban J connectivity index is 0.000000199. The first-order chi connectivity index (χ1) is 8.63. The quantitative estimate of drug-likeness (QED) is 0.465. The maximum absolute atomic E-state index is 3.94. The normalized spacial score (nSPS) is 18.8. The van der Waals surface area contributed by atoms with Gasteiger partial charge in [0.2, 0.25) is 0 Å². The highest BCUT2D eigenvalue weighted by molar-refractivity contribution is 8.02. The van der Waals surface area contributed by atoms with Gasteiger partial charge >= 0.3 is 0 Å². The summed E-state index contributed by atoms with van der Waals surface area (Å²) in [5, 5.41) is 2.09. The van der Waals surface area contributed by atoms with Gasteiger partial charge in [-0.25, -0.2) is 0 Å². The van der Waals surface area contributed by atoms with Crippen LogP contribution >= 0.6 is 11.8 Å². The highest BCUT2D eigenvalue weighted by Crippen LogP contribution is 2.28. The number of hydrogen-bond acceptors (Lipinski definition) is 1. The lowest BCUT2D eigenvalue weighted by atomic mass is 10.1. The standard InChI is InChI=1S/C10H12S.C7H12/c1-3-8-11-10-6-4-9(2)5-7-10;1-6-4-3-5-7(6)2/h3-8H,1-2H3;7H,1,3-5H2,2H3/b8-3+;. The molecule has 0 saturated heterocycles. The van der Waals surface area contributed by atoms with E-state index in [4.69, 9.17) is 0 Å². The molecule has 0 bridgehead atoms. The molecule has 1 atom stereocenters. The molecule has 98 valence electrons. The van der Waals surface area contributed by atoms with Gasteiger partial charge in [0, 0.05) is 4.90 Å². The maximum atomic E-state index is 3.94. The molecule has 1 aromatic rings. The van der Waals surface area contributed by atoms with Crippen LogP contribution in [0.1, 0.15) is 38.7 Å². The third-order valence-electron chi connectivity index (χ3n) is 3.19. The van der Waals surface area contributed by atoms with Crippen LogP contribution < -0.4 is 0 Å². The summed E-state index contributed by atoms with van der Waals surface area (Å²) in [6.07, 6.45) is 6.07. The van der Waals surface area contributed by atoms with Crippen molar-refractivity contribution in [1.29, 1.82) is 0 Å². The highest BCUT2D eigenvalue weighted by atomic mass is 32.2. The minimum Gasteiger partial charge on any atom is -0.0996 e. The number of hydrogen-bond donors (Lipinski definition) is 0. The van der Waals surface area contributed by atoms with Crippen molar-refractivity contribution in [2.45, 2.75) is 44.9 Å². The van der Waals surface area contributed by atoms with E-state index in [2.05, 4.69) is 50.1 Å². The molecular formula is C17H24S. The molecule has 0 spiro atoms. The summed E-state index contributed by atoms with van der Waals surface area (Å²) in [4.78, 5) is 1.30. The van der Waals surface area contributed by atoms with E-state index in [1.165, 1.54) is 35.3 Å². The van der Waals surface area contributed by atoms with Crippen LogP contribution in [0.25, 0.3) is 0 Å². The van der Waals surface area contributed by atoms with Gasteiger partial charge in [0.05, 0.1) is 0 Å². The Morgan fingerprint density at radius 2 is 1.94 bits per heavy atom. The van der Waals surface area contributed by atoms with E-state index in [1.807, 2.05) is 13.0 Å². The zero-order valence-electron chi connectivity index (χ0n) is 11.8. The molecule has 0 heterocycles. The van der Waals surface area contributed by atoms with Gasteiger partial charge in [-0.05, 0) is 56.6 Å². The van der Waals surface area contributed by atoms with E-state index in [0.29, 0.717) is 0 Å². The molecule has 1 aliphatic rings. The summed E-state index contributed by atoms with van der Waals surface area (Å²) in [6, 6.07) is 8.54. The van der Waals surface area contributed by atoms with Gasteiger partial charge < -0.3 is 0 Å². The molecule has 1 fully saturated rings. The third-order valence-corrected chi connectivity index (χ3v) is 4.15. The summed E-state index contributed by atoms with van der Waals surface area (Å²) < 4.78 is 0. The molecule has 0 amide bonds. The van der Waals surface area contributed by atoms with Gasteiger partial charge in [-0.3, -0.25) is 0 Å². The lowest BCUT2D eigenvalue weighted by molar-refractivity contribution is 0.697. The molecule has 1 aromatic carbocycles. The largest absolute Gasteiger partial charge is 0.0996 e. The lowest BCUT2D eigenvalue weighted by Gasteiger charge is -1.97. The fourth-order valence-electron chi connectivity index (χ4n) is 1.85. The van der Waals surface area contributed by atoms with Crippen LogP contribution in [0.5, 0.6) is 0 Å². The predicted octanol–water partition coefficient (Wildman–Crippen LogP) is 5.98. The first kappa shape index (κ1) is 15.1. The van der Waals surface area contributed by atoms with Crippen molar-refractivity contribution in [3.8, 4) is 0 Å². The Hall–Kier alpha value is -0.950. The molecule has 0 aromatic heterocycles. The second kappa shape index (κ2) is 8.20. The molecule has 1 unspecified atom stereocenters. The van der Waals surface area contributed by atoms with Crippen LogP contribution in [0.15, 0.2) is 52.8 Å². The highest BCUT2D eigenvalue weighted by Gasteiger charge is 2.12. The summed E-state index contributed by atoms with van der Waals surface area (Å²) in [5.74, 6) is 0.819. The predicted molar refractivity (Wildman–Crippen MR) is 84.0 cm³/mol. The summed E-state index contributed by atoms with van der Waals surface area (Å²) in [7, 11) is 0. The van der Waals surface area contributed by atoms with E-state index in [0.717, 1.165) is 5.92 Å². The third kappa shape index (κ3) is 5.59. The van der Waals surface area contributed by atoms with Crippen molar-refractivity contribution in [2.24, 2.45) is 5.92 Å². The fraction of sp³-hybridized carbons (Fsp3) is 0.412. The first-order valence-electron chi connectivity index (χ1n) is 6.65. The van der Waals surface area contributed by atoms with E-state index in [-0.39, 0.29) is 0 Å². The summed E-state index contributed by atoms with van der Waals surface area (Å²) >= 11 is 1.75. The molecule has 0 radical (unpaired) electrons. The van der Waals surface area contributed by atoms with Crippen LogP contribution in [0.3, 0.4) is 0 Å². The van der Waals surface area contributed by atoms with E-state index in [1.54, 1.807) is 11.8 Å².